The molecule has 0 amide bonds. The summed E-state index contributed by atoms with van der Waals surface area (Å²) in [6, 6.07) is 0. The number of hydrogen-bond donors (Lipinski definition) is 3. The van der Waals surface area contributed by atoms with Gasteiger partial charge in [0.2, 0.25) is 0 Å². The van der Waals surface area contributed by atoms with Gasteiger partial charge < -0.3 is 30.1 Å². The number of carbonyl (C=O) groups excluding carboxylic acids is 1. The van der Waals surface area contributed by atoms with Crippen molar-refractivity contribution in [2.75, 3.05) is 6.61 Å². The number of ether oxygens (including phenoxy) is 1. The fourth-order valence-corrected chi connectivity index (χ4v) is 2.43. The SMILES string of the molecule is O.O=C(O)COC1Cc2c(n(CC(=O)O)cc(C(=O)O)c2=O)C=CC1=O. The molecular weight excluding hydrogens is 354 g/mol. The van der Waals surface area contributed by atoms with Crippen molar-refractivity contribution in [3.05, 3.63) is 39.3 Å². The molecule has 0 bridgehead atoms. The average Bonchev–Trinajstić information content (AvgIpc) is 2.67. The van der Waals surface area contributed by atoms with Gasteiger partial charge in [-0.1, -0.05) is 0 Å². The maximum absolute atomic E-state index is 12.4. The minimum Gasteiger partial charge on any atom is -0.480 e. The van der Waals surface area contributed by atoms with Gasteiger partial charge in [0.25, 0.3) is 0 Å². The molecule has 1 aromatic heterocycles. The van der Waals surface area contributed by atoms with Crippen LogP contribution in [0, 0.1) is 0 Å². The van der Waals surface area contributed by atoms with Crippen LogP contribution in [0.5, 0.6) is 0 Å². The van der Waals surface area contributed by atoms with E-state index in [0.29, 0.717) is 0 Å². The van der Waals surface area contributed by atoms with Gasteiger partial charge in [-0.15, -0.1) is 0 Å². The summed E-state index contributed by atoms with van der Waals surface area (Å²) < 4.78 is 5.99. The molecule has 1 aliphatic rings. The molecule has 0 aromatic carbocycles. The summed E-state index contributed by atoms with van der Waals surface area (Å²) in [4.78, 5) is 57.2. The summed E-state index contributed by atoms with van der Waals surface area (Å²) in [6.45, 7) is -1.40. The Morgan fingerprint density at radius 2 is 1.77 bits per heavy atom. The van der Waals surface area contributed by atoms with Crippen LogP contribution in [-0.4, -0.2) is 61.8 Å². The minimum atomic E-state index is -1.55. The number of aliphatic carboxylic acids is 2. The van der Waals surface area contributed by atoms with Gasteiger partial charge in [-0.2, -0.15) is 0 Å². The molecule has 5 N–H and O–H groups in total. The summed E-state index contributed by atoms with van der Waals surface area (Å²) in [5.41, 5.74) is -1.60. The van der Waals surface area contributed by atoms with E-state index in [1.54, 1.807) is 0 Å². The van der Waals surface area contributed by atoms with Crippen LogP contribution in [0.2, 0.25) is 0 Å². The number of nitrogens with zero attached hydrogens (tertiary/aromatic N) is 1. The number of carboxylic acid groups (broad SMARTS) is 3. The third-order valence-corrected chi connectivity index (χ3v) is 3.48. The van der Waals surface area contributed by atoms with Crippen LogP contribution in [0.25, 0.3) is 6.08 Å². The fourth-order valence-electron chi connectivity index (χ4n) is 2.43. The van der Waals surface area contributed by atoms with Crippen LogP contribution in [0.1, 0.15) is 21.6 Å². The zero-order chi connectivity index (χ0) is 18.7. The van der Waals surface area contributed by atoms with Crippen molar-refractivity contribution in [3.63, 3.8) is 0 Å². The monoisotopic (exact) mass is 369 g/mol. The highest BCUT2D eigenvalue weighted by molar-refractivity contribution is 5.98. The number of aromatic carboxylic acids is 1. The van der Waals surface area contributed by atoms with E-state index >= 15 is 0 Å². The maximum Gasteiger partial charge on any atom is 0.341 e. The molecule has 1 aromatic rings. The number of carboxylic acids is 3. The van der Waals surface area contributed by atoms with E-state index in [4.69, 9.17) is 20.1 Å². The molecule has 0 aliphatic heterocycles. The van der Waals surface area contributed by atoms with Gasteiger partial charge >= 0.3 is 17.9 Å². The predicted molar refractivity (Wildman–Crippen MR) is 84.0 cm³/mol. The topological polar surface area (TPSA) is 192 Å². The summed E-state index contributed by atoms with van der Waals surface area (Å²) in [7, 11) is 0. The molecule has 0 saturated carbocycles. The standard InChI is InChI=1S/C15H13NO9.H2O/c17-10-2-1-9-7(3-11(10)25-6-13(20)21)14(22)8(15(23)24)4-16(9)5-12(18)19;/h1-2,4,11H,3,5-6H2,(H,18,19)(H,20,21)(H,23,24);1H2. The average molecular weight is 369 g/mol. The van der Waals surface area contributed by atoms with E-state index < -0.39 is 53.9 Å². The largest absolute Gasteiger partial charge is 0.480 e. The Kier molecular flexibility index (Phi) is 6.52. The molecule has 1 aliphatic carbocycles. The molecule has 2 rings (SSSR count). The lowest BCUT2D eigenvalue weighted by molar-refractivity contribution is -0.146. The van der Waals surface area contributed by atoms with E-state index in [2.05, 4.69) is 0 Å². The Bertz CT molecular complexity index is 851. The van der Waals surface area contributed by atoms with Gasteiger partial charge in [-0.25, -0.2) is 9.59 Å². The van der Waals surface area contributed by atoms with E-state index in [1.807, 2.05) is 0 Å². The normalized spacial score (nSPS) is 15.5. The lowest BCUT2D eigenvalue weighted by Crippen LogP contribution is -2.32. The Morgan fingerprint density at radius 1 is 1.12 bits per heavy atom. The Morgan fingerprint density at radius 3 is 2.31 bits per heavy atom. The number of pyridine rings is 1. The first kappa shape index (κ1) is 20.7. The van der Waals surface area contributed by atoms with Crippen molar-refractivity contribution in [1.29, 1.82) is 0 Å². The third kappa shape index (κ3) is 4.40. The first-order valence-corrected chi connectivity index (χ1v) is 6.97. The smallest absolute Gasteiger partial charge is 0.341 e. The fraction of sp³-hybridized carbons (Fsp3) is 0.267. The summed E-state index contributed by atoms with van der Waals surface area (Å²) in [5, 5.41) is 26.7. The van der Waals surface area contributed by atoms with Gasteiger partial charge in [0.15, 0.2) is 11.2 Å². The molecule has 1 unspecified atom stereocenters. The maximum atomic E-state index is 12.4. The first-order valence-electron chi connectivity index (χ1n) is 6.97. The number of carbonyl (C=O) groups is 4. The Balaban J connectivity index is 0.00000338. The second-order valence-electron chi connectivity index (χ2n) is 5.20. The van der Waals surface area contributed by atoms with Crippen LogP contribution < -0.4 is 5.43 Å². The van der Waals surface area contributed by atoms with E-state index in [0.717, 1.165) is 16.8 Å². The number of aromatic nitrogens is 1. The van der Waals surface area contributed by atoms with Crippen molar-refractivity contribution < 1.29 is 44.7 Å². The van der Waals surface area contributed by atoms with E-state index in [-0.39, 0.29) is 23.2 Å². The van der Waals surface area contributed by atoms with E-state index in [9.17, 15) is 24.0 Å². The first-order chi connectivity index (χ1) is 11.7. The van der Waals surface area contributed by atoms with Crippen molar-refractivity contribution >= 4 is 29.8 Å². The molecule has 140 valence electrons. The zero-order valence-corrected chi connectivity index (χ0v) is 13.2. The van der Waals surface area contributed by atoms with Crippen LogP contribution in [0.15, 0.2) is 17.1 Å². The molecule has 0 fully saturated rings. The van der Waals surface area contributed by atoms with Crippen LogP contribution >= 0.6 is 0 Å². The van der Waals surface area contributed by atoms with Crippen molar-refractivity contribution in [2.45, 2.75) is 19.1 Å². The highest BCUT2D eigenvalue weighted by Gasteiger charge is 2.28. The molecular formula is C15H15NO10. The third-order valence-electron chi connectivity index (χ3n) is 3.48. The minimum absolute atomic E-state index is 0. The second kappa shape index (κ2) is 8.18. The molecule has 0 spiro atoms. The van der Waals surface area contributed by atoms with Crippen molar-refractivity contribution in [2.24, 2.45) is 0 Å². The number of fused-ring (bicyclic) bond motifs is 1. The molecule has 0 radical (unpaired) electrons. The Hall–Kier alpha value is -3.31. The van der Waals surface area contributed by atoms with Crippen LogP contribution in [0.4, 0.5) is 0 Å². The van der Waals surface area contributed by atoms with Gasteiger partial charge in [-0.3, -0.25) is 14.4 Å². The Labute approximate surface area is 145 Å². The number of ketones is 1. The van der Waals surface area contributed by atoms with Gasteiger partial charge in [0, 0.05) is 23.9 Å². The molecule has 11 nitrogen and oxygen atoms in total. The predicted octanol–water partition coefficient (Wildman–Crippen LogP) is -1.59. The molecule has 0 saturated heterocycles. The van der Waals surface area contributed by atoms with Gasteiger partial charge in [0.1, 0.15) is 24.8 Å². The molecule has 1 atom stereocenters. The number of rotatable bonds is 6. The lowest BCUT2D eigenvalue weighted by atomic mass is 10.0. The van der Waals surface area contributed by atoms with Crippen molar-refractivity contribution in [1.82, 2.24) is 4.57 Å². The highest BCUT2D eigenvalue weighted by atomic mass is 16.5. The second-order valence-corrected chi connectivity index (χ2v) is 5.20. The van der Waals surface area contributed by atoms with E-state index in [1.165, 1.54) is 6.08 Å². The van der Waals surface area contributed by atoms with Gasteiger partial charge in [0.05, 0.1) is 0 Å². The number of hydrogen-bond acceptors (Lipinski definition) is 6. The molecule has 26 heavy (non-hydrogen) atoms. The summed E-state index contributed by atoms with van der Waals surface area (Å²) in [6.07, 6.45) is 1.47. The van der Waals surface area contributed by atoms with Crippen LogP contribution in [-0.2, 0) is 32.1 Å². The molecule has 11 heteroatoms. The summed E-state index contributed by atoms with van der Waals surface area (Å²) in [5.74, 6) is -4.75. The van der Waals surface area contributed by atoms with Gasteiger partial charge in [-0.05, 0) is 12.2 Å². The molecule has 1 heterocycles. The lowest BCUT2D eigenvalue weighted by Gasteiger charge is -2.16. The van der Waals surface area contributed by atoms with Crippen molar-refractivity contribution in [3.8, 4) is 0 Å². The summed E-state index contributed by atoms with van der Waals surface area (Å²) >= 11 is 0. The highest BCUT2D eigenvalue weighted by Crippen LogP contribution is 2.18. The van der Waals surface area contributed by atoms with Crippen LogP contribution in [0.3, 0.4) is 0 Å². The quantitative estimate of drug-likeness (QED) is 0.530. The zero-order valence-electron chi connectivity index (χ0n) is 13.2.